The fourth-order valence-corrected chi connectivity index (χ4v) is 2.97. The van der Waals surface area contributed by atoms with E-state index in [9.17, 15) is 5.11 Å². The fraction of sp³-hybridized carbons (Fsp3) is 0.318. The molecule has 0 amide bonds. The number of aliphatic hydroxyl groups is 1. The zero-order valence-electron chi connectivity index (χ0n) is 16.5. The molecule has 6 heteroatoms. The van der Waals surface area contributed by atoms with E-state index >= 15 is 0 Å². The number of rotatable bonds is 9. The minimum Gasteiger partial charge on any atom is -0.497 e. The van der Waals surface area contributed by atoms with Crippen molar-refractivity contribution >= 4 is 0 Å². The van der Waals surface area contributed by atoms with Gasteiger partial charge >= 0.3 is 0 Å². The first kappa shape index (κ1) is 19.9. The number of aromatic nitrogens is 2. The van der Waals surface area contributed by atoms with Gasteiger partial charge in [-0.25, -0.2) is 4.98 Å². The number of methoxy groups -OCH3 is 1. The highest BCUT2D eigenvalue weighted by Crippen LogP contribution is 2.24. The smallest absolute Gasteiger partial charge is 0.130 e. The lowest BCUT2D eigenvalue weighted by molar-refractivity contribution is 0.104. The standard InChI is InChI=1S/C22H27N3O3/c1-16-7-9-19(10-8-16)28-15-18(26)14-24-21(22-23-11-12-25(22)2)17-5-4-6-20(13-17)27-3/h4-13,18,21,24,26H,14-15H2,1-3H3. The van der Waals surface area contributed by atoms with Crippen LogP contribution in [-0.2, 0) is 7.05 Å². The van der Waals surface area contributed by atoms with Crippen LogP contribution in [0.25, 0.3) is 0 Å². The molecule has 0 saturated carbocycles. The van der Waals surface area contributed by atoms with Crippen LogP contribution >= 0.6 is 0 Å². The zero-order valence-corrected chi connectivity index (χ0v) is 16.5. The minimum absolute atomic E-state index is 0.177. The number of imidazole rings is 1. The summed E-state index contributed by atoms with van der Waals surface area (Å²) in [4.78, 5) is 4.47. The highest BCUT2D eigenvalue weighted by molar-refractivity contribution is 5.33. The lowest BCUT2D eigenvalue weighted by Crippen LogP contribution is -2.35. The van der Waals surface area contributed by atoms with E-state index in [2.05, 4.69) is 10.3 Å². The Morgan fingerprint density at radius 2 is 1.93 bits per heavy atom. The molecule has 2 aromatic carbocycles. The van der Waals surface area contributed by atoms with Crippen LogP contribution in [0.5, 0.6) is 11.5 Å². The second kappa shape index (κ2) is 9.39. The number of benzene rings is 2. The van der Waals surface area contributed by atoms with E-state index in [-0.39, 0.29) is 12.6 Å². The Balaban J connectivity index is 1.66. The van der Waals surface area contributed by atoms with Crippen molar-refractivity contribution in [1.29, 1.82) is 0 Å². The number of hydrogen-bond donors (Lipinski definition) is 2. The molecule has 3 rings (SSSR count). The highest BCUT2D eigenvalue weighted by Gasteiger charge is 2.20. The SMILES string of the molecule is COc1cccc(C(NCC(O)COc2ccc(C)cc2)c2nccn2C)c1. The van der Waals surface area contributed by atoms with Crippen molar-refractivity contribution in [2.24, 2.45) is 7.05 Å². The summed E-state index contributed by atoms with van der Waals surface area (Å²) in [5.74, 6) is 2.39. The molecule has 1 heterocycles. The zero-order chi connectivity index (χ0) is 19.9. The number of hydrogen-bond acceptors (Lipinski definition) is 5. The molecule has 0 aliphatic rings. The third-order valence-corrected chi connectivity index (χ3v) is 4.56. The van der Waals surface area contributed by atoms with E-state index in [0.29, 0.717) is 6.54 Å². The number of aliphatic hydroxyl groups excluding tert-OH is 1. The maximum atomic E-state index is 10.4. The molecular weight excluding hydrogens is 354 g/mol. The quantitative estimate of drug-likeness (QED) is 0.597. The second-order valence-electron chi connectivity index (χ2n) is 6.79. The summed E-state index contributed by atoms with van der Waals surface area (Å²) in [7, 11) is 3.60. The van der Waals surface area contributed by atoms with Crippen molar-refractivity contribution in [3.63, 3.8) is 0 Å². The van der Waals surface area contributed by atoms with Crippen molar-refractivity contribution in [3.8, 4) is 11.5 Å². The Morgan fingerprint density at radius 3 is 2.61 bits per heavy atom. The largest absolute Gasteiger partial charge is 0.497 e. The van der Waals surface area contributed by atoms with Gasteiger partial charge in [0, 0.05) is 26.0 Å². The van der Waals surface area contributed by atoms with E-state index < -0.39 is 6.10 Å². The average molecular weight is 381 g/mol. The average Bonchev–Trinajstić information content (AvgIpc) is 3.13. The number of ether oxygens (including phenoxy) is 2. The van der Waals surface area contributed by atoms with Gasteiger partial charge in [-0.1, -0.05) is 29.8 Å². The van der Waals surface area contributed by atoms with Crippen molar-refractivity contribution in [2.75, 3.05) is 20.3 Å². The topological polar surface area (TPSA) is 68.5 Å². The van der Waals surface area contributed by atoms with Gasteiger partial charge in [-0.3, -0.25) is 0 Å². The molecular formula is C22H27N3O3. The van der Waals surface area contributed by atoms with E-state index in [4.69, 9.17) is 9.47 Å². The summed E-state index contributed by atoms with van der Waals surface area (Å²) < 4.78 is 13.0. The second-order valence-corrected chi connectivity index (χ2v) is 6.79. The first-order valence-electron chi connectivity index (χ1n) is 9.29. The van der Waals surface area contributed by atoms with Crippen LogP contribution in [0.1, 0.15) is 23.0 Å². The van der Waals surface area contributed by atoms with E-state index in [0.717, 1.165) is 22.9 Å². The van der Waals surface area contributed by atoms with Crippen LogP contribution in [0, 0.1) is 6.92 Å². The molecule has 0 saturated heterocycles. The van der Waals surface area contributed by atoms with Crippen molar-refractivity contribution in [1.82, 2.24) is 14.9 Å². The van der Waals surface area contributed by atoms with Gasteiger partial charge in [0.15, 0.2) is 0 Å². The number of aryl methyl sites for hydroxylation is 2. The molecule has 0 aliphatic heterocycles. The van der Waals surface area contributed by atoms with Crippen LogP contribution in [0.4, 0.5) is 0 Å². The van der Waals surface area contributed by atoms with E-state index in [1.807, 2.05) is 73.3 Å². The molecule has 2 unspecified atom stereocenters. The molecule has 0 radical (unpaired) electrons. The first-order valence-corrected chi connectivity index (χ1v) is 9.29. The summed E-state index contributed by atoms with van der Waals surface area (Å²) in [6.45, 7) is 2.60. The molecule has 0 bridgehead atoms. The maximum Gasteiger partial charge on any atom is 0.130 e. The Hall–Kier alpha value is -2.83. The van der Waals surface area contributed by atoms with Gasteiger partial charge in [0.05, 0.1) is 13.2 Å². The van der Waals surface area contributed by atoms with E-state index in [1.54, 1.807) is 13.3 Å². The van der Waals surface area contributed by atoms with Gasteiger partial charge in [0.2, 0.25) is 0 Å². The molecule has 3 aromatic rings. The van der Waals surface area contributed by atoms with Crippen molar-refractivity contribution in [2.45, 2.75) is 19.1 Å². The molecule has 2 atom stereocenters. The molecule has 6 nitrogen and oxygen atoms in total. The Morgan fingerprint density at radius 1 is 1.14 bits per heavy atom. The third-order valence-electron chi connectivity index (χ3n) is 4.56. The van der Waals surface area contributed by atoms with Gasteiger partial charge in [-0.15, -0.1) is 0 Å². The molecule has 0 aliphatic carbocycles. The highest BCUT2D eigenvalue weighted by atomic mass is 16.5. The lowest BCUT2D eigenvalue weighted by Gasteiger charge is -2.22. The van der Waals surface area contributed by atoms with Crippen molar-refractivity contribution < 1.29 is 14.6 Å². The lowest BCUT2D eigenvalue weighted by atomic mass is 10.1. The van der Waals surface area contributed by atoms with Gasteiger partial charge in [0.25, 0.3) is 0 Å². The molecule has 1 aromatic heterocycles. The Kier molecular flexibility index (Phi) is 6.68. The van der Waals surface area contributed by atoms with Gasteiger partial charge in [-0.05, 0) is 36.8 Å². The summed E-state index contributed by atoms with van der Waals surface area (Å²) in [6.07, 6.45) is 3.01. The maximum absolute atomic E-state index is 10.4. The molecule has 148 valence electrons. The molecule has 0 spiro atoms. The summed E-state index contributed by atoms with van der Waals surface area (Å²) >= 11 is 0. The number of nitrogens with one attached hydrogen (secondary N) is 1. The third kappa shape index (κ3) is 5.12. The monoisotopic (exact) mass is 381 g/mol. The Bertz CT molecular complexity index is 877. The van der Waals surface area contributed by atoms with Gasteiger partial charge < -0.3 is 24.5 Å². The predicted octanol–water partition coefficient (Wildman–Crippen LogP) is 2.86. The van der Waals surface area contributed by atoms with Gasteiger partial charge in [0.1, 0.15) is 30.0 Å². The number of nitrogens with zero attached hydrogens (tertiary/aromatic N) is 2. The Labute approximate surface area is 165 Å². The van der Waals surface area contributed by atoms with Gasteiger partial charge in [-0.2, -0.15) is 0 Å². The molecule has 28 heavy (non-hydrogen) atoms. The molecule has 2 N–H and O–H groups in total. The molecule has 0 fully saturated rings. The normalized spacial score (nSPS) is 13.1. The van der Waals surface area contributed by atoms with Crippen LogP contribution < -0.4 is 14.8 Å². The summed E-state index contributed by atoms with van der Waals surface area (Å²) in [5.41, 5.74) is 2.19. The van der Waals surface area contributed by atoms with Crippen LogP contribution in [0.3, 0.4) is 0 Å². The van der Waals surface area contributed by atoms with Crippen molar-refractivity contribution in [3.05, 3.63) is 77.9 Å². The fourth-order valence-electron chi connectivity index (χ4n) is 2.97. The predicted molar refractivity (Wildman–Crippen MR) is 109 cm³/mol. The van der Waals surface area contributed by atoms with Crippen LogP contribution in [0.2, 0.25) is 0 Å². The summed E-state index contributed by atoms with van der Waals surface area (Å²) in [5, 5.41) is 13.8. The van der Waals surface area contributed by atoms with Crippen LogP contribution in [-0.4, -0.2) is 41.0 Å². The first-order chi connectivity index (χ1) is 13.6. The summed E-state index contributed by atoms with van der Waals surface area (Å²) in [6, 6.07) is 15.5. The van der Waals surface area contributed by atoms with Crippen LogP contribution in [0.15, 0.2) is 60.9 Å². The minimum atomic E-state index is -0.658. The van der Waals surface area contributed by atoms with E-state index in [1.165, 1.54) is 5.56 Å².